The molecule has 2 fully saturated rings. The highest BCUT2D eigenvalue weighted by molar-refractivity contribution is 6.20. The third-order valence-electron chi connectivity index (χ3n) is 4.27. The molecule has 12 nitrogen and oxygen atoms in total. The van der Waals surface area contributed by atoms with E-state index in [0.29, 0.717) is 0 Å². The Hall–Kier alpha value is -0.640. The number of ether oxygens (including phenoxy) is 4. The summed E-state index contributed by atoms with van der Waals surface area (Å²) in [5.41, 5.74) is -1.54. The van der Waals surface area contributed by atoms with Crippen LogP contribution in [0.3, 0.4) is 0 Å². The van der Waals surface area contributed by atoms with Crippen LogP contribution in [0.2, 0.25) is 0 Å². The van der Waals surface area contributed by atoms with Crippen molar-refractivity contribution in [2.75, 3.05) is 6.61 Å². The molecule has 0 aromatic carbocycles. The van der Waals surface area contributed by atoms with E-state index in [1.54, 1.807) is 0 Å². The van der Waals surface area contributed by atoms with Gasteiger partial charge in [0.25, 0.3) is 0 Å². The summed E-state index contributed by atoms with van der Waals surface area (Å²) in [5, 5.41) is 68.6. The maximum absolute atomic E-state index is 11.0. The molecule has 11 atom stereocenters. The minimum Gasteiger partial charge on any atom is -0.443 e. The van der Waals surface area contributed by atoms with Crippen molar-refractivity contribution in [2.45, 2.75) is 73.9 Å². The first-order valence-electron chi connectivity index (χ1n) is 8.05. The second-order valence-corrected chi connectivity index (χ2v) is 6.66. The van der Waals surface area contributed by atoms with Gasteiger partial charge in [-0.15, -0.1) is 0 Å². The molecule has 13 heteroatoms. The Morgan fingerprint density at radius 3 is 2.19 bits per heavy atom. The van der Waals surface area contributed by atoms with E-state index in [-0.39, 0.29) is 0 Å². The molecule has 0 spiro atoms. The van der Waals surface area contributed by atoms with Crippen molar-refractivity contribution in [3.63, 3.8) is 0 Å². The van der Waals surface area contributed by atoms with Gasteiger partial charge < -0.3 is 54.7 Å². The number of carbonyl (C=O) groups excluding carboxylic acids is 1. The highest BCUT2D eigenvalue weighted by atomic mass is 35.5. The van der Waals surface area contributed by atoms with Crippen LogP contribution in [-0.4, -0.2) is 115 Å². The largest absolute Gasteiger partial charge is 0.443 e. The number of hydrogen-bond donors (Lipinski definition) is 7. The van der Waals surface area contributed by atoms with E-state index in [2.05, 4.69) is 4.74 Å². The molecule has 0 saturated carbocycles. The molecule has 2 heterocycles. The zero-order chi connectivity index (χ0) is 20.5. The molecule has 0 radical (unpaired) electrons. The molecule has 0 aromatic rings. The van der Waals surface area contributed by atoms with E-state index in [1.807, 2.05) is 0 Å². The van der Waals surface area contributed by atoms with Crippen LogP contribution in [0.15, 0.2) is 0 Å². The van der Waals surface area contributed by atoms with Crippen molar-refractivity contribution in [1.82, 2.24) is 0 Å². The summed E-state index contributed by atoms with van der Waals surface area (Å²) in [5.74, 6) is -0.794. The van der Waals surface area contributed by atoms with Crippen LogP contribution in [0.25, 0.3) is 0 Å². The molecule has 2 rings (SSSR count). The van der Waals surface area contributed by atoms with E-state index in [4.69, 9.17) is 25.8 Å². The summed E-state index contributed by atoms with van der Waals surface area (Å²) in [4.78, 5) is 11.0. The molecule has 1 unspecified atom stereocenters. The summed E-state index contributed by atoms with van der Waals surface area (Å²) in [7, 11) is 0. The normalized spacial score (nSPS) is 46.7. The number of hydrogen-bond acceptors (Lipinski definition) is 12. The molecule has 2 aliphatic heterocycles. The van der Waals surface area contributed by atoms with Crippen molar-refractivity contribution < 1.29 is 59.5 Å². The van der Waals surface area contributed by atoms with Gasteiger partial charge in [0.2, 0.25) is 5.56 Å². The molecule has 158 valence electrons. The van der Waals surface area contributed by atoms with E-state index >= 15 is 0 Å². The zero-order valence-electron chi connectivity index (χ0n) is 14.1. The summed E-state index contributed by atoms with van der Waals surface area (Å²) < 4.78 is 20.2. The van der Waals surface area contributed by atoms with E-state index in [0.717, 1.165) is 6.92 Å². The second kappa shape index (κ2) is 9.24. The number of aliphatic hydroxyl groups excluding tert-OH is 7. The van der Waals surface area contributed by atoms with Crippen LogP contribution in [0, 0.1) is 0 Å². The molecule has 7 N–H and O–H groups in total. The minimum atomic E-state index is -1.83. The number of rotatable bonds is 5. The quantitative estimate of drug-likeness (QED) is 0.168. The highest BCUT2D eigenvalue weighted by Crippen LogP contribution is 2.30. The molecule has 0 bridgehead atoms. The van der Waals surface area contributed by atoms with Crippen LogP contribution in [0.5, 0.6) is 0 Å². The van der Waals surface area contributed by atoms with Gasteiger partial charge >= 0.3 is 5.97 Å². The fourth-order valence-electron chi connectivity index (χ4n) is 2.82. The predicted octanol–water partition coefficient (Wildman–Crippen LogP) is -4.26. The predicted molar refractivity (Wildman–Crippen MR) is 82.9 cm³/mol. The average molecular weight is 419 g/mol. The highest BCUT2D eigenvalue weighted by Gasteiger charge is 2.51. The number of carbonyl (C=O) groups is 1. The smallest absolute Gasteiger partial charge is 0.304 e. The van der Waals surface area contributed by atoms with E-state index in [1.165, 1.54) is 0 Å². The lowest BCUT2D eigenvalue weighted by Crippen LogP contribution is -2.65. The Bertz CT molecular complexity index is 506. The van der Waals surface area contributed by atoms with Gasteiger partial charge in [0.05, 0.1) is 6.61 Å². The van der Waals surface area contributed by atoms with Crippen molar-refractivity contribution in [3.8, 4) is 0 Å². The minimum absolute atomic E-state index is 0.728. The maximum atomic E-state index is 11.0. The molecular weight excluding hydrogens is 396 g/mol. The second-order valence-electron chi connectivity index (χ2n) is 6.23. The topological polar surface area (TPSA) is 196 Å². The lowest BCUT2D eigenvalue weighted by atomic mass is 9.97. The van der Waals surface area contributed by atoms with Gasteiger partial charge in [0.15, 0.2) is 12.6 Å². The third kappa shape index (κ3) is 4.86. The summed E-state index contributed by atoms with van der Waals surface area (Å²) in [6.45, 7) is 0.326. The number of aliphatic hydroxyl groups is 7. The molecule has 0 aromatic heterocycles. The van der Waals surface area contributed by atoms with Gasteiger partial charge in [0, 0.05) is 6.92 Å². The summed E-state index contributed by atoms with van der Waals surface area (Å²) in [6, 6.07) is 0. The van der Waals surface area contributed by atoms with Crippen LogP contribution in [0.1, 0.15) is 6.92 Å². The van der Waals surface area contributed by atoms with Gasteiger partial charge in [0.1, 0.15) is 48.8 Å². The summed E-state index contributed by atoms with van der Waals surface area (Å²) >= 11 is 5.83. The lowest BCUT2D eigenvalue weighted by molar-refractivity contribution is -0.356. The monoisotopic (exact) mass is 418 g/mol. The fraction of sp³-hybridized carbons (Fsp3) is 0.929. The van der Waals surface area contributed by atoms with Crippen molar-refractivity contribution in [1.29, 1.82) is 0 Å². The first-order valence-corrected chi connectivity index (χ1v) is 8.49. The number of alkyl halides is 1. The van der Waals surface area contributed by atoms with Gasteiger partial charge in [-0.2, -0.15) is 0 Å². The van der Waals surface area contributed by atoms with Gasteiger partial charge in [-0.3, -0.25) is 4.79 Å². The fourth-order valence-corrected chi connectivity index (χ4v) is 3.15. The van der Waals surface area contributed by atoms with Crippen molar-refractivity contribution in [3.05, 3.63) is 0 Å². The molecule has 2 saturated heterocycles. The maximum Gasteiger partial charge on any atom is 0.304 e. The van der Waals surface area contributed by atoms with E-state index < -0.39 is 79.6 Å². The Balaban J connectivity index is 2.16. The molecule has 27 heavy (non-hydrogen) atoms. The van der Waals surface area contributed by atoms with Crippen LogP contribution in [-0.2, 0) is 23.7 Å². The molecule has 0 amide bonds. The Labute approximate surface area is 158 Å². The Morgan fingerprint density at radius 2 is 1.63 bits per heavy atom. The lowest BCUT2D eigenvalue weighted by Gasteiger charge is -2.45. The first-order chi connectivity index (χ1) is 12.6. The Kier molecular flexibility index (Phi) is 7.75. The summed E-state index contributed by atoms with van der Waals surface area (Å²) in [6.07, 6.45) is -16.7. The van der Waals surface area contributed by atoms with Crippen LogP contribution in [0.4, 0.5) is 0 Å². The molecular formula is C14H23ClO12. The van der Waals surface area contributed by atoms with Crippen LogP contribution < -0.4 is 0 Å². The molecule has 0 aliphatic carbocycles. The Morgan fingerprint density at radius 1 is 1.00 bits per heavy atom. The SMILES string of the molecule is CC(=O)OC(Cl)[C@H]1O[C@@H](O[C@H]2[C@H](O)[C@@H](O)[C@@H](O)O[C@@H]2CO)[C@H](O)[C@@H](O)[C@H]1O. The van der Waals surface area contributed by atoms with Crippen molar-refractivity contribution >= 4 is 17.6 Å². The first kappa shape index (κ1) is 22.6. The van der Waals surface area contributed by atoms with E-state index in [9.17, 15) is 40.5 Å². The van der Waals surface area contributed by atoms with Gasteiger partial charge in [-0.05, 0) is 0 Å². The average Bonchev–Trinajstić information content (AvgIpc) is 2.61. The number of esters is 1. The third-order valence-corrected chi connectivity index (χ3v) is 4.61. The zero-order valence-corrected chi connectivity index (χ0v) is 14.9. The molecule has 2 aliphatic rings. The standard InChI is InChI=1S/C14H23ClO12/c1-3(17)24-12(15)11-6(19)5(18)9(22)14(27-11)26-10-4(2-16)25-13(23)8(21)7(10)20/h4-14,16,18-23H,2H2,1H3/t4-,5+,6-,7-,8-,9-,10-,11+,12?,13+,14-/m1/s1. The van der Waals surface area contributed by atoms with Gasteiger partial charge in [-0.1, -0.05) is 11.6 Å². The van der Waals surface area contributed by atoms with Crippen LogP contribution >= 0.6 is 11.6 Å². The number of halogens is 1. The van der Waals surface area contributed by atoms with Crippen molar-refractivity contribution in [2.24, 2.45) is 0 Å². The van der Waals surface area contributed by atoms with Gasteiger partial charge in [-0.25, -0.2) is 0 Å².